The van der Waals surface area contributed by atoms with Gasteiger partial charge in [-0.25, -0.2) is 0 Å². The molecule has 1 fully saturated rings. The van der Waals surface area contributed by atoms with Crippen molar-refractivity contribution in [3.63, 3.8) is 0 Å². The molecule has 0 aromatic heterocycles. The minimum absolute atomic E-state index is 0.106. The SMILES string of the molecule is C[C@@H]1[C@H]2NC(=S)N(c3ccc(Cl)c(C(F)(F)F)c3)[C@@]1(C)Oc1ccc(Br)cc12. The molecule has 1 saturated heterocycles. The predicted molar refractivity (Wildman–Crippen MR) is 110 cm³/mol. The number of ether oxygens (including phenoxy) is 1. The average Bonchev–Trinajstić information content (AvgIpc) is 2.59. The maximum Gasteiger partial charge on any atom is 0.417 e. The molecule has 0 radical (unpaired) electrons. The van der Waals surface area contributed by atoms with Crippen LogP contribution in [0.3, 0.4) is 0 Å². The van der Waals surface area contributed by atoms with E-state index in [1.807, 2.05) is 32.0 Å². The summed E-state index contributed by atoms with van der Waals surface area (Å²) in [5.74, 6) is 0.560. The van der Waals surface area contributed by atoms with Crippen LogP contribution in [0.5, 0.6) is 5.75 Å². The molecule has 148 valence electrons. The fourth-order valence-corrected chi connectivity index (χ4v) is 4.86. The third kappa shape index (κ3) is 2.97. The van der Waals surface area contributed by atoms with Gasteiger partial charge < -0.3 is 10.1 Å². The lowest BCUT2D eigenvalue weighted by Crippen LogP contribution is -2.69. The zero-order valence-corrected chi connectivity index (χ0v) is 17.9. The second-order valence-corrected chi connectivity index (χ2v) is 8.76. The van der Waals surface area contributed by atoms with E-state index in [0.717, 1.165) is 16.1 Å². The summed E-state index contributed by atoms with van der Waals surface area (Å²) in [4.78, 5) is 1.60. The van der Waals surface area contributed by atoms with Crippen LogP contribution in [0.2, 0.25) is 5.02 Å². The minimum atomic E-state index is -4.57. The van der Waals surface area contributed by atoms with Gasteiger partial charge in [0.1, 0.15) is 5.75 Å². The number of hydrogen-bond acceptors (Lipinski definition) is 2. The molecule has 2 bridgehead atoms. The number of benzene rings is 2. The predicted octanol–water partition coefficient (Wildman–Crippen LogP) is 6.30. The van der Waals surface area contributed by atoms with Gasteiger partial charge in [-0.2, -0.15) is 13.2 Å². The van der Waals surface area contributed by atoms with Gasteiger partial charge in [-0.1, -0.05) is 34.5 Å². The van der Waals surface area contributed by atoms with Gasteiger partial charge in [-0.15, -0.1) is 0 Å². The zero-order valence-electron chi connectivity index (χ0n) is 14.8. The minimum Gasteiger partial charge on any atom is -0.467 e. The molecule has 4 rings (SSSR count). The van der Waals surface area contributed by atoms with E-state index in [1.165, 1.54) is 12.1 Å². The molecule has 2 heterocycles. The molecular weight excluding hydrogens is 477 g/mol. The highest BCUT2D eigenvalue weighted by Crippen LogP contribution is 2.50. The van der Waals surface area contributed by atoms with Crippen LogP contribution in [-0.4, -0.2) is 10.8 Å². The molecule has 1 N–H and O–H groups in total. The van der Waals surface area contributed by atoms with E-state index in [4.69, 9.17) is 28.6 Å². The van der Waals surface area contributed by atoms with Crippen molar-refractivity contribution in [2.24, 2.45) is 5.92 Å². The topological polar surface area (TPSA) is 24.5 Å². The lowest BCUT2D eigenvalue weighted by molar-refractivity contribution is -0.137. The van der Waals surface area contributed by atoms with E-state index in [2.05, 4.69) is 21.2 Å². The highest BCUT2D eigenvalue weighted by molar-refractivity contribution is 9.10. The molecule has 3 atom stereocenters. The molecule has 0 saturated carbocycles. The summed E-state index contributed by atoms with van der Waals surface area (Å²) >= 11 is 14.8. The first kappa shape index (κ1) is 19.8. The van der Waals surface area contributed by atoms with Gasteiger partial charge in [0.25, 0.3) is 0 Å². The number of fused-ring (bicyclic) bond motifs is 4. The molecule has 0 amide bonds. The van der Waals surface area contributed by atoms with Gasteiger partial charge in [0.05, 0.1) is 16.6 Å². The number of alkyl halides is 3. The summed E-state index contributed by atoms with van der Waals surface area (Å²) in [6.45, 7) is 3.82. The molecule has 9 heteroatoms. The molecule has 0 unspecified atom stereocenters. The third-order valence-corrected chi connectivity index (χ3v) is 6.53. The van der Waals surface area contributed by atoms with E-state index in [9.17, 15) is 13.2 Å². The van der Waals surface area contributed by atoms with Gasteiger partial charge in [0, 0.05) is 21.6 Å². The van der Waals surface area contributed by atoms with Crippen LogP contribution < -0.4 is 15.0 Å². The van der Waals surface area contributed by atoms with Gasteiger partial charge in [-0.05, 0) is 55.5 Å². The Labute approximate surface area is 178 Å². The van der Waals surface area contributed by atoms with Crippen molar-refractivity contribution in [3.05, 3.63) is 57.0 Å². The lowest BCUT2D eigenvalue weighted by Gasteiger charge is -2.56. The van der Waals surface area contributed by atoms with Crippen molar-refractivity contribution in [2.45, 2.75) is 31.8 Å². The van der Waals surface area contributed by atoms with Crippen LogP contribution in [0.1, 0.15) is 31.0 Å². The Kier molecular flexibility index (Phi) is 4.60. The fraction of sp³-hybridized carbons (Fsp3) is 0.316. The van der Waals surface area contributed by atoms with Crippen molar-refractivity contribution in [1.29, 1.82) is 0 Å². The molecule has 2 aliphatic heterocycles. The summed E-state index contributed by atoms with van der Waals surface area (Å²) in [6, 6.07) is 9.31. The molecule has 0 spiro atoms. The largest absolute Gasteiger partial charge is 0.467 e. The first-order valence-electron chi connectivity index (χ1n) is 8.48. The number of anilines is 1. The Balaban J connectivity index is 1.84. The average molecular weight is 492 g/mol. The summed E-state index contributed by atoms with van der Waals surface area (Å²) in [5, 5.41) is 3.21. The molecule has 2 aromatic carbocycles. The summed E-state index contributed by atoms with van der Waals surface area (Å²) in [7, 11) is 0. The van der Waals surface area contributed by atoms with Gasteiger partial charge in [0.2, 0.25) is 0 Å². The molecule has 0 aliphatic carbocycles. The van der Waals surface area contributed by atoms with Crippen LogP contribution in [-0.2, 0) is 6.18 Å². The standard InChI is InChI=1S/C19H15BrClF3N2OS/c1-9-16-12-7-10(20)3-6-15(12)27-18(9,2)26(17(28)25-16)11-4-5-14(21)13(8-11)19(22,23)24/h3-9,16H,1-2H3,(H,25,28)/t9-,16-,18+/m1/s1. The number of hydrogen-bond donors (Lipinski definition) is 1. The second kappa shape index (κ2) is 6.50. The lowest BCUT2D eigenvalue weighted by atomic mass is 9.80. The number of nitrogens with zero attached hydrogens (tertiary/aromatic N) is 1. The van der Waals surface area contributed by atoms with Crippen molar-refractivity contribution in [1.82, 2.24) is 5.32 Å². The second-order valence-electron chi connectivity index (χ2n) is 7.05. The highest BCUT2D eigenvalue weighted by Gasteiger charge is 2.54. The number of nitrogens with one attached hydrogen (secondary N) is 1. The monoisotopic (exact) mass is 490 g/mol. The smallest absolute Gasteiger partial charge is 0.417 e. The highest BCUT2D eigenvalue weighted by atomic mass is 79.9. The Morgan fingerprint density at radius 3 is 2.64 bits per heavy atom. The molecule has 2 aromatic rings. The molecule has 28 heavy (non-hydrogen) atoms. The van der Waals surface area contributed by atoms with Crippen LogP contribution in [0, 0.1) is 5.92 Å². The third-order valence-electron chi connectivity index (χ3n) is 5.41. The van der Waals surface area contributed by atoms with Crippen molar-refractivity contribution in [3.8, 4) is 5.75 Å². The Morgan fingerprint density at radius 1 is 1.25 bits per heavy atom. The molecular formula is C19H15BrClF3N2OS. The van der Waals surface area contributed by atoms with Gasteiger partial charge >= 0.3 is 6.18 Å². The van der Waals surface area contributed by atoms with Crippen LogP contribution in [0.4, 0.5) is 18.9 Å². The first-order valence-corrected chi connectivity index (χ1v) is 10.1. The maximum atomic E-state index is 13.4. The quantitative estimate of drug-likeness (QED) is 0.473. The van der Waals surface area contributed by atoms with Gasteiger partial charge in [0.15, 0.2) is 10.8 Å². The van der Waals surface area contributed by atoms with Gasteiger partial charge in [-0.3, -0.25) is 4.90 Å². The Hall–Kier alpha value is -1.51. The number of rotatable bonds is 1. The van der Waals surface area contributed by atoms with E-state index in [0.29, 0.717) is 10.9 Å². The molecule has 3 nitrogen and oxygen atoms in total. The van der Waals surface area contributed by atoms with Crippen molar-refractivity contribution in [2.75, 3.05) is 4.90 Å². The summed E-state index contributed by atoms with van der Waals surface area (Å²) in [6.07, 6.45) is -4.57. The summed E-state index contributed by atoms with van der Waals surface area (Å²) in [5.41, 5.74) is -0.658. The van der Waals surface area contributed by atoms with E-state index in [1.54, 1.807) is 4.90 Å². The Bertz CT molecular complexity index is 986. The number of thiocarbonyl (C=S) groups is 1. The van der Waals surface area contributed by atoms with Crippen LogP contribution >= 0.6 is 39.7 Å². The van der Waals surface area contributed by atoms with E-state index < -0.39 is 17.5 Å². The van der Waals surface area contributed by atoms with Crippen LogP contribution in [0.25, 0.3) is 0 Å². The number of halogens is 5. The van der Waals surface area contributed by atoms with E-state index >= 15 is 0 Å². The molecule has 2 aliphatic rings. The zero-order chi connectivity index (χ0) is 20.4. The van der Waals surface area contributed by atoms with Crippen LogP contribution in [0.15, 0.2) is 40.9 Å². The van der Waals surface area contributed by atoms with Crippen molar-refractivity contribution >= 4 is 50.5 Å². The first-order chi connectivity index (χ1) is 13.0. The summed E-state index contributed by atoms with van der Waals surface area (Å²) < 4.78 is 47.3. The fourth-order valence-electron chi connectivity index (χ4n) is 3.84. The Morgan fingerprint density at radius 2 is 1.96 bits per heavy atom. The van der Waals surface area contributed by atoms with Crippen molar-refractivity contribution < 1.29 is 17.9 Å². The normalized spacial score (nSPS) is 26.4. The maximum absolute atomic E-state index is 13.4. The van der Waals surface area contributed by atoms with E-state index in [-0.39, 0.29) is 22.7 Å².